The Balaban J connectivity index is 1.69. The number of ether oxygens (including phenoxy) is 1. The smallest absolute Gasteiger partial charge is 0.274 e. The Morgan fingerprint density at radius 1 is 1.13 bits per heavy atom. The van der Waals surface area contributed by atoms with Gasteiger partial charge in [0.1, 0.15) is 11.6 Å². The van der Waals surface area contributed by atoms with E-state index < -0.39 is 0 Å². The molecule has 31 heavy (non-hydrogen) atoms. The van der Waals surface area contributed by atoms with Gasteiger partial charge in [0.25, 0.3) is 5.91 Å². The van der Waals surface area contributed by atoms with Crippen molar-refractivity contribution in [1.29, 1.82) is 0 Å². The summed E-state index contributed by atoms with van der Waals surface area (Å²) in [5.74, 6) is 0.369. The summed E-state index contributed by atoms with van der Waals surface area (Å²) in [6, 6.07) is 12.2. The van der Waals surface area contributed by atoms with Gasteiger partial charge < -0.3 is 9.64 Å². The van der Waals surface area contributed by atoms with Crippen LogP contribution in [0.4, 0.5) is 4.39 Å². The van der Waals surface area contributed by atoms with Gasteiger partial charge in [0.2, 0.25) is 0 Å². The van der Waals surface area contributed by atoms with E-state index in [1.807, 2.05) is 29.8 Å². The highest BCUT2D eigenvalue weighted by Gasteiger charge is 2.27. The predicted octanol–water partition coefficient (Wildman–Crippen LogP) is 4.87. The van der Waals surface area contributed by atoms with Crippen LogP contribution < -0.4 is 4.74 Å². The van der Waals surface area contributed by atoms with E-state index in [2.05, 4.69) is 0 Å². The van der Waals surface area contributed by atoms with E-state index in [-0.39, 0.29) is 11.7 Å². The van der Waals surface area contributed by atoms with Crippen molar-refractivity contribution in [2.24, 2.45) is 0 Å². The molecule has 0 radical (unpaired) electrons. The number of hydrogen-bond acceptors (Lipinski definition) is 3. The summed E-state index contributed by atoms with van der Waals surface area (Å²) in [4.78, 5) is 15.2. The molecule has 1 aromatic heterocycles. The first-order chi connectivity index (χ1) is 15.0. The van der Waals surface area contributed by atoms with Gasteiger partial charge >= 0.3 is 0 Å². The van der Waals surface area contributed by atoms with E-state index in [9.17, 15) is 9.18 Å². The van der Waals surface area contributed by atoms with Crippen molar-refractivity contribution in [3.05, 3.63) is 76.4 Å². The molecule has 1 aliphatic carbocycles. The molecule has 1 aliphatic rings. The van der Waals surface area contributed by atoms with Crippen molar-refractivity contribution in [3.63, 3.8) is 0 Å². The summed E-state index contributed by atoms with van der Waals surface area (Å²) in [5.41, 5.74) is 5.44. The number of rotatable bonds is 5. The molecule has 0 saturated carbocycles. The Morgan fingerprint density at radius 3 is 2.61 bits per heavy atom. The average Bonchev–Trinajstić information content (AvgIpc) is 2.94. The Kier molecular flexibility index (Phi) is 6.07. The minimum Gasteiger partial charge on any atom is -0.496 e. The number of aryl methyl sites for hydroxylation is 1. The molecule has 4 rings (SSSR count). The van der Waals surface area contributed by atoms with Gasteiger partial charge in [0.15, 0.2) is 5.69 Å². The number of carbonyl (C=O) groups is 1. The minimum atomic E-state index is -0.287. The molecule has 3 aromatic rings. The highest BCUT2D eigenvalue weighted by Crippen LogP contribution is 2.28. The lowest BCUT2D eigenvalue weighted by molar-refractivity contribution is 0.0776. The van der Waals surface area contributed by atoms with Crippen LogP contribution in [0.1, 0.15) is 52.1 Å². The van der Waals surface area contributed by atoms with Gasteiger partial charge in [-0.25, -0.2) is 9.07 Å². The first-order valence-electron chi connectivity index (χ1n) is 10.7. The van der Waals surface area contributed by atoms with Crippen LogP contribution in [-0.4, -0.2) is 34.7 Å². The number of fused-ring (bicyclic) bond motifs is 1. The number of benzene rings is 2. The fraction of sp³-hybridized carbons (Fsp3) is 0.360. The third-order valence-corrected chi connectivity index (χ3v) is 5.89. The summed E-state index contributed by atoms with van der Waals surface area (Å²) in [6.07, 6.45) is 4.92. The second kappa shape index (κ2) is 8.92. The van der Waals surface area contributed by atoms with Crippen molar-refractivity contribution in [1.82, 2.24) is 14.7 Å². The zero-order chi connectivity index (χ0) is 22.0. The van der Waals surface area contributed by atoms with Gasteiger partial charge in [0, 0.05) is 30.4 Å². The summed E-state index contributed by atoms with van der Waals surface area (Å²) in [5, 5.41) is 4.73. The zero-order valence-corrected chi connectivity index (χ0v) is 18.3. The molecule has 5 nitrogen and oxygen atoms in total. The number of halogens is 1. The maximum Gasteiger partial charge on any atom is 0.274 e. The Labute approximate surface area is 182 Å². The van der Waals surface area contributed by atoms with Crippen LogP contribution in [0, 0.1) is 12.7 Å². The number of carbonyl (C=O) groups excluding carboxylic acids is 1. The lowest BCUT2D eigenvalue weighted by Crippen LogP contribution is -2.28. The number of methoxy groups -OCH3 is 1. The molecular formula is C25H28FN3O2. The fourth-order valence-electron chi connectivity index (χ4n) is 4.28. The van der Waals surface area contributed by atoms with Crippen molar-refractivity contribution in [3.8, 4) is 11.4 Å². The van der Waals surface area contributed by atoms with E-state index in [0.717, 1.165) is 65.9 Å². The molecule has 1 heterocycles. The average molecular weight is 422 g/mol. The monoisotopic (exact) mass is 421 g/mol. The minimum absolute atomic E-state index is 0.109. The van der Waals surface area contributed by atoms with Crippen LogP contribution in [-0.2, 0) is 19.4 Å². The van der Waals surface area contributed by atoms with Crippen LogP contribution in [0.25, 0.3) is 5.69 Å². The normalized spacial score (nSPS) is 13.4. The van der Waals surface area contributed by atoms with Gasteiger partial charge in [0.05, 0.1) is 12.8 Å². The first-order valence-corrected chi connectivity index (χ1v) is 10.7. The highest BCUT2D eigenvalue weighted by molar-refractivity contribution is 5.94. The Bertz CT molecular complexity index is 1090. The second-order valence-corrected chi connectivity index (χ2v) is 8.20. The lowest BCUT2D eigenvalue weighted by Gasteiger charge is -2.19. The molecule has 162 valence electrons. The van der Waals surface area contributed by atoms with Gasteiger partial charge in [-0.1, -0.05) is 24.1 Å². The fourth-order valence-corrected chi connectivity index (χ4v) is 4.28. The lowest BCUT2D eigenvalue weighted by atomic mass is 10.1. The molecular weight excluding hydrogens is 393 g/mol. The second-order valence-electron chi connectivity index (χ2n) is 8.20. The molecule has 1 amide bonds. The quantitative estimate of drug-likeness (QED) is 0.552. The van der Waals surface area contributed by atoms with Crippen LogP contribution in [0.15, 0.2) is 42.5 Å². The highest BCUT2D eigenvalue weighted by atomic mass is 19.1. The molecule has 0 aliphatic heterocycles. The summed E-state index contributed by atoms with van der Waals surface area (Å²) in [6.45, 7) is 2.46. The van der Waals surface area contributed by atoms with Crippen molar-refractivity contribution in [2.75, 3.05) is 14.2 Å². The maximum absolute atomic E-state index is 13.5. The standard InChI is InChI=1S/C25H28FN3O2/c1-17-9-14-23(31-3)18(15-17)16-28(2)25(30)24-21-7-5-4-6-8-22(21)29(27-24)20-12-10-19(26)11-13-20/h9-15H,4-8,16H2,1-3H3. The van der Waals surface area contributed by atoms with Crippen molar-refractivity contribution in [2.45, 2.75) is 45.6 Å². The summed E-state index contributed by atoms with van der Waals surface area (Å²) < 4.78 is 20.7. The van der Waals surface area contributed by atoms with E-state index in [1.165, 1.54) is 12.1 Å². The topological polar surface area (TPSA) is 47.4 Å². The largest absolute Gasteiger partial charge is 0.496 e. The van der Waals surface area contributed by atoms with E-state index in [1.54, 1.807) is 31.2 Å². The van der Waals surface area contributed by atoms with E-state index in [4.69, 9.17) is 9.84 Å². The van der Waals surface area contributed by atoms with Gasteiger partial charge in [-0.15, -0.1) is 0 Å². The van der Waals surface area contributed by atoms with Crippen molar-refractivity contribution < 1.29 is 13.9 Å². The van der Waals surface area contributed by atoms with Crippen LogP contribution in [0.5, 0.6) is 5.75 Å². The maximum atomic E-state index is 13.5. The number of aromatic nitrogens is 2. The summed E-state index contributed by atoms with van der Waals surface area (Å²) >= 11 is 0. The molecule has 0 N–H and O–H groups in total. The van der Waals surface area contributed by atoms with E-state index in [0.29, 0.717) is 12.2 Å². The molecule has 0 bridgehead atoms. The SMILES string of the molecule is COc1ccc(C)cc1CN(C)C(=O)c1nn(-c2ccc(F)cc2)c2c1CCCCC2. The number of amides is 1. The summed E-state index contributed by atoms with van der Waals surface area (Å²) in [7, 11) is 3.43. The van der Waals surface area contributed by atoms with Crippen LogP contribution >= 0.6 is 0 Å². The molecule has 0 saturated heterocycles. The molecule has 2 aromatic carbocycles. The molecule has 0 spiro atoms. The van der Waals surface area contributed by atoms with Gasteiger partial charge in [-0.2, -0.15) is 5.10 Å². The Morgan fingerprint density at radius 2 is 1.87 bits per heavy atom. The van der Waals surface area contributed by atoms with Crippen LogP contribution in [0.3, 0.4) is 0 Å². The molecule has 6 heteroatoms. The molecule has 0 fully saturated rings. The third-order valence-electron chi connectivity index (χ3n) is 5.89. The number of nitrogens with zero attached hydrogens (tertiary/aromatic N) is 3. The third kappa shape index (κ3) is 4.33. The van der Waals surface area contributed by atoms with Gasteiger partial charge in [-0.3, -0.25) is 4.79 Å². The zero-order valence-electron chi connectivity index (χ0n) is 18.3. The number of hydrogen-bond donors (Lipinski definition) is 0. The van der Waals surface area contributed by atoms with Gasteiger partial charge in [-0.05, 0) is 62.9 Å². The van der Waals surface area contributed by atoms with Crippen molar-refractivity contribution >= 4 is 5.91 Å². The Hall–Kier alpha value is -3.15. The molecule has 0 unspecified atom stereocenters. The van der Waals surface area contributed by atoms with Crippen LogP contribution in [0.2, 0.25) is 0 Å². The molecule has 0 atom stereocenters. The van der Waals surface area contributed by atoms with E-state index >= 15 is 0 Å². The first kappa shape index (κ1) is 21.1. The predicted molar refractivity (Wildman–Crippen MR) is 118 cm³/mol.